The number of carbonyl (C=O) groups excluding carboxylic acids is 2. The van der Waals surface area contributed by atoms with Crippen LogP contribution in [0.3, 0.4) is 0 Å². The molecular weight excluding hydrogens is 492 g/mol. The van der Waals surface area contributed by atoms with Crippen molar-refractivity contribution in [2.75, 3.05) is 43.5 Å². The van der Waals surface area contributed by atoms with Gasteiger partial charge in [-0.2, -0.15) is 0 Å². The summed E-state index contributed by atoms with van der Waals surface area (Å²) in [4.78, 5) is 34.0. The van der Waals surface area contributed by atoms with Gasteiger partial charge in [0.25, 0.3) is 11.8 Å². The monoisotopic (exact) mass is 516 g/mol. The van der Waals surface area contributed by atoms with E-state index in [1.807, 2.05) is 21.2 Å². The lowest BCUT2D eigenvalue weighted by atomic mass is 10.1. The number of anilines is 2. The number of amides is 2. The third-order valence-electron chi connectivity index (χ3n) is 5.99. The molecule has 0 spiro atoms. The molecule has 0 atom stereocenters. The lowest BCUT2D eigenvalue weighted by molar-refractivity contribution is 0.0751. The van der Waals surface area contributed by atoms with Gasteiger partial charge in [0.15, 0.2) is 11.5 Å². The topological polar surface area (TPSA) is 121 Å². The zero-order valence-corrected chi connectivity index (χ0v) is 20.8. The van der Waals surface area contributed by atoms with Crippen LogP contribution >= 0.6 is 11.3 Å². The predicted molar refractivity (Wildman–Crippen MR) is 140 cm³/mol. The number of ether oxygens (including phenoxy) is 1. The first-order valence-electron chi connectivity index (χ1n) is 11.6. The molecule has 188 valence electrons. The van der Waals surface area contributed by atoms with E-state index in [0.29, 0.717) is 48.3 Å². The third kappa shape index (κ3) is 5.51. The van der Waals surface area contributed by atoms with Gasteiger partial charge >= 0.3 is 0 Å². The first kappa shape index (κ1) is 24.2. The molecule has 5 rings (SSSR count). The third-order valence-corrected chi connectivity index (χ3v) is 6.91. The lowest BCUT2D eigenvalue weighted by Crippen LogP contribution is -2.49. The first-order valence-corrected chi connectivity index (χ1v) is 12.4. The summed E-state index contributed by atoms with van der Waals surface area (Å²) in [5.74, 6) is 1.07. The molecule has 2 N–H and O–H groups in total. The quantitative estimate of drug-likeness (QED) is 0.399. The van der Waals surface area contributed by atoms with Crippen LogP contribution < -0.4 is 15.0 Å². The molecule has 10 nitrogen and oxygen atoms in total. The van der Waals surface area contributed by atoms with Gasteiger partial charge in [-0.25, -0.2) is 0 Å². The van der Waals surface area contributed by atoms with Crippen LogP contribution in [0, 0.1) is 0 Å². The number of benzene rings is 1. The van der Waals surface area contributed by atoms with Crippen LogP contribution in [-0.2, 0) is 0 Å². The maximum Gasteiger partial charge on any atom is 0.276 e. The number of aromatic hydroxyl groups is 1. The molecule has 1 aliphatic rings. The Morgan fingerprint density at radius 1 is 0.973 bits per heavy atom. The Labute approximate surface area is 217 Å². The molecule has 0 saturated carbocycles. The molecule has 1 aliphatic heterocycles. The van der Waals surface area contributed by atoms with Gasteiger partial charge in [0.2, 0.25) is 0 Å². The minimum atomic E-state index is -0.351. The second-order valence-corrected chi connectivity index (χ2v) is 9.28. The van der Waals surface area contributed by atoms with Gasteiger partial charge in [-0.15, -0.1) is 21.5 Å². The zero-order chi connectivity index (χ0) is 25.8. The van der Waals surface area contributed by atoms with Crippen molar-refractivity contribution in [1.29, 1.82) is 0 Å². The second-order valence-electron chi connectivity index (χ2n) is 8.37. The molecule has 1 fully saturated rings. The van der Waals surface area contributed by atoms with Crippen molar-refractivity contribution in [1.82, 2.24) is 20.1 Å². The predicted octanol–water partition coefficient (Wildman–Crippen LogP) is 3.53. The summed E-state index contributed by atoms with van der Waals surface area (Å²) in [7, 11) is 1.58. The van der Waals surface area contributed by atoms with Crippen molar-refractivity contribution < 1.29 is 19.4 Å². The van der Waals surface area contributed by atoms with E-state index in [1.165, 1.54) is 17.5 Å². The molecule has 3 aromatic heterocycles. The molecule has 0 bridgehead atoms. The summed E-state index contributed by atoms with van der Waals surface area (Å²) in [6, 6.07) is 13.9. The largest absolute Gasteiger partial charge is 0.506 e. The number of nitrogens with zero attached hydrogens (tertiary/aromatic N) is 5. The number of aromatic nitrogens is 3. The van der Waals surface area contributed by atoms with Gasteiger partial charge in [0, 0.05) is 43.6 Å². The van der Waals surface area contributed by atoms with Crippen molar-refractivity contribution in [2.24, 2.45) is 0 Å². The van der Waals surface area contributed by atoms with Crippen LogP contribution in [0.25, 0.3) is 11.1 Å². The highest BCUT2D eigenvalue weighted by molar-refractivity contribution is 7.12. The number of hydrogen-bond acceptors (Lipinski definition) is 9. The van der Waals surface area contributed by atoms with Gasteiger partial charge in [-0.1, -0.05) is 0 Å². The van der Waals surface area contributed by atoms with E-state index in [1.54, 1.807) is 55.8 Å². The number of rotatable bonds is 6. The Morgan fingerprint density at radius 2 is 1.76 bits per heavy atom. The molecule has 1 saturated heterocycles. The van der Waals surface area contributed by atoms with E-state index >= 15 is 0 Å². The molecular formula is C26H24N6O4S. The summed E-state index contributed by atoms with van der Waals surface area (Å²) < 4.78 is 5.12. The van der Waals surface area contributed by atoms with E-state index < -0.39 is 0 Å². The number of piperazine rings is 1. The van der Waals surface area contributed by atoms with Crippen LogP contribution in [0.5, 0.6) is 11.5 Å². The summed E-state index contributed by atoms with van der Waals surface area (Å²) in [6.45, 7) is 2.29. The van der Waals surface area contributed by atoms with E-state index in [0.717, 1.165) is 11.1 Å². The summed E-state index contributed by atoms with van der Waals surface area (Å²) in [6.07, 6.45) is 3.03. The Bertz CT molecular complexity index is 1400. The van der Waals surface area contributed by atoms with Crippen LogP contribution in [0.15, 0.2) is 66.3 Å². The molecule has 11 heteroatoms. The van der Waals surface area contributed by atoms with E-state index in [2.05, 4.69) is 20.5 Å². The van der Waals surface area contributed by atoms with Gasteiger partial charge in [-0.3, -0.25) is 14.6 Å². The molecule has 1 aromatic carbocycles. The van der Waals surface area contributed by atoms with Crippen molar-refractivity contribution in [2.45, 2.75) is 0 Å². The smallest absolute Gasteiger partial charge is 0.276 e. The standard InChI is InChI=1S/C26H24N6O4S/c1-36-21-4-2-19(3-5-21)28-25(34)22-6-7-24(30-29-22)31-8-10-32(11-9-31)26(35)23-13-18(16-37-23)17-12-20(33)15-27-14-17/h2-7,12-16,33H,8-11H2,1H3,(H,28,34). The number of nitrogens with one attached hydrogen (secondary N) is 1. The first-order chi connectivity index (χ1) is 18.0. The van der Waals surface area contributed by atoms with Crippen LogP contribution in [0.4, 0.5) is 11.5 Å². The van der Waals surface area contributed by atoms with Crippen molar-refractivity contribution >= 4 is 34.7 Å². The SMILES string of the molecule is COc1ccc(NC(=O)c2ccc(N3CCN(C(=O)c4cc(-c5cncc(O)c5)cs4)CC3)nn2)cc1. The molecule has 37 heavy (non-hydrogen) atoms. The Morgan fingerprint density at radius 3 is 2.43 bits per heavy atom. The number of thiophene rings is 1. The van der Waals surface area contributed by atoms with Crippen LogP contribution in [0.1, 0.15) is 20.2 Å². The molecule has 0 radical (unpaired) electrons. The van der Waals surface area contributed by atoms with Crippen LogP contribution in [0.2, 0.25) is 0 Å². The highest BCUT2D eigenvalue weighted by atomic mass is 32.1. The normalized spacial score (nSPS) is 13.3. The number of pyridine rings is 1. The second kappa shape index (κ2) is 10.6. The maximum absolute atomic E-state index is 13.0. The average Bonchev–Trinajstić information content (AvgIpc) is 3.44. The minimum absolute atomic E-state index is 0.0272. The molecule has 4 heterocycles. The highest BCUT2D eigenvalue weighted by Crippen LogP contribution is 2.28. The molecule has 0 aliphatic carbocycles. The highest BCUT2D eigenvalue weighted by Gasteiger charge is 2.24. The minimum Gasteiger partial charge on any atom is -0.506 e. The summed E-state index contributed by atoms with van der Waals surface area (Å²) >= 11 is 1.38. The van der Waals surface area contributed by atoms with Crippen LogP contribution in [-0.4, -0.2) is 70.3 Å². The lowest BCUT2D eigenvalue weighted by Gasteiger charge is -2.35. The maximum atomic E-state index is 13.0. The fraction of sp³-hybridized carbons (Fsp3) is 0.192. The molecule has 0 unspecified atom stereocenters. The van der Waals surface area contributed by atoms with E-state index in [9.17, 15) is 14.7 Å². The summed E-state index contributed by atoms with van der Waals surface area (Å²) in [5.41, 5.74) is 2.46. The van der Waals surface area contributed by atoms with Gasteiger partial charge in [0.1, 0.15) is 11.5 Å². The van der Waals surface area contributed by atoms with Gasteiger partial charge in [-0.05, 0) is 59.5 Å². The molecule has 2 amide bonds. The van der Waals surface area contributed by atoms with Crippen molar-refractivity contribution in [3.63, 3.8) is 0 Å². The van der Waals surface area contributed by atoms with Crippen molar-refractivity contribution in [3.8, 4) is 22.6 Å². The number of methoxy groups -OCH3 is 1. The van der Waals surface area contributed by atoms with Gasteiger partial charge < -0.3 is 25.0 Å². The Kier molecular flexibility index (Phi) is 6.95. The van der Waals surface area contributed by atoms with E-state index in [-0.39, 0.29) is 23.3 Å². The Balaban J connectivity index is 1.16. The summed E-state index contributed by atoms with van der Waals surface area (Å²) in [5, 5.41) is 22.7. The van der Waals surface area contributed by atoms with Gasteiger partial charge in [0.05, 0.1) is 18.2 Å². The zero-order valence-electron chi connectivity index (χ0n) is 20.0. The average molecular weight is 517 g/mol. The fourth-order valence-electron chi connectivity index (χ4n) is 3.96. The fourth-order valence-corrected chi connectivity index (χ4v) is 4.85. The number of hydrogen-bond donors (Lipinski definition) is 2. The van der Waals surface area contributed by atoms with E-state index in [4.69, 9.17) is 4.74 Å². The number of carbonyl (C=O) groups is 2. The Hall–Kier alpha value is -4.51. The van der Waals surface area contributed by atoms with Crippen molar-refractivity contribution in [3.05, 3.63) is 76.9 Å². The molecule has 4 aromatic rings.